The molecule has 0 amide bonds. The summed E-state index contributed by atoms with van der Waals surface area (Å²) >= 11 is 0. The Morgan fingerprint density at radius 1 is 0.737 bits per heavy atom. The molecule has 2 aromatic rings. The summed E-state index contributed by atoms with van der Waals surface area (Å²) in [5.41, 5.74) is 0.369. The molecule has 0 bridgehead atoms. The predicted molar refractivity (Wildman–Crippen MR) is 73.0 cm³/mol. The molecule has 0 saturated carbocycles. The van der Waals surface area contributed by atoms with E-state index in [9.17, 15) is 9.59 Å². The van der Waals surface area contributed by atoms with Crippen molar-refractivity contribution in [3.8, 4) is 0 Å². The highest BCUT2D eigenvalue weighted by Crippen LogP contribution is 2.16. The lowest BCUT2D eigenvalue weighted by Crippen LogP contribution is -2.17. The van der Waals surface area contributed by atoms with Crippen molar-refractivity contribution in [3.05, 3.63) is 59.7 Å². The topological polar surface area (TPSA) is 74.6 Å². The van der Waals surface area contributed by atoms with Gasteiger partial charge in [-0.2, -0.15) is 0 Å². The molecule has 0 spiro atoms. The van der Waals surface area contributed by atoms with Crippen LogP contribution in [0.5, 0.6) is 0 Å². The van der Waals surface area contributed by atoms with Gasteiger partial charge in [0.1, 0.15) is 0 Å². The van der Waals surface area contributed by atoms with Crippen molar-refractivity contribution in [2.24, 2.45) is 0 Å². The van der Waals surface area contributed by atoms with E-state index in [1.54, 1.807) is 36.4 Å². The van der Waals surface area contributed by atoms with Crippen LogP contribution in [0.25, 0.3) is 0 Å². The van der Waals surface area contributed by atoms with Crippen molar-refractivity contribution in [3.63, 3.8) is 0 Å². The fourth-order valence-corrected chi connectivity index (χ4v) is 2.80. The Morgan fingerprint density at radius 3 is 1.47 bits per heavy atom. The summed E-state index contributed by atoms with van der Waals surface area (Å²) in [6.07, 6.45) is 0. The van der Waals surface area contributed by atoms with Crippen LogP contribution in [-0.2, 0) is 0 Å². The van der Waals surface area contributed by atoms with Crippen LogP contribution in [0.15, 0.2) is 48.5 Å². The van der Waals surface area contributed by atoms with E-state index in [1.807, 2.05) is 0 Å². The Kier molecular flexibility index (Phi) is 3.93. The molecule has 0 aliphatic carbocycles. The average molecular weight is 273 g/mol. The second-order valence-corrected chi connectivity index (χ2v) is 4.94. The average Bonchev–Trinajstić information content (AvgIpc) is 2.39. The second kappa shape index (κ2) is 5.63. The molecule has 2 aromatic carbocycles. The van der Waals surface area contributed by atoms with E-state index < -0.39 is 11.9 Å². The van der Waals surface area contributed by atoms with Gasteiger partial charge >= 0.3 is 11.9 Å². The van der Waals surface area contributed by atoms with Gasteiger partial charge in [-0.15, -0.1) is 0 Å². The Hall–Kier alpha value is -2.19. The maximum Gasteiger partial charge on any atom is 0.336 e. The molecule has 0 fully saturated rings. The van der Waals surface area contributed by atoms with E-state index in [-0.39, 0.29) is 11.1 Å². The predicted octanol–water partition coefficient (Wildman–Crippen LogP) is 1.98. The summed E-state index contributed by atoms with van der Waals surface area (Å²) in [4.78, 5) is 22.2. The van der Waals surface area contributed by atoms with Gasteiger partial charge in [0.15, 0.2) is 0 Å². The van der Waals surface area contributed by atoms with Crippen LogP contribution >= 0.6 is 8.58 Å². The van der Waals surface area contributed by atoms with Gasteiger partial charge in [0.2, 0.25) is 0 Å². The summed E-state index contributed by atoms with van der Waals surface area (Å²) in [5, 5.41) is 19.3. The van der Waals surface area contributed by atoms with Gasteiger partial charge in [-0.1, -0.05) is 36.4 Å². The summed E-state index contributed by atoms with van der Waals surface area (Å²) in [6, 6.07) is 13.1. The molecule has 0 aliphatic heterocycles. The maximum atomic E-state index is 11.1. The standard InChI is InChI=1S/C14H10O4P/c15-13(16)9-5-1-3-7-11(9)19-12-8-4-2-6-10(12)14(17)18/h1-8H,(H,15,16)(H,17,18). The first-order chi connectivity index (χ1) is 9.09. The quantitative estimate of drug-likeness (QED) is 0.835. The molecule has 0 saturated heterocycles. The molecule has 0 unspecified atom stereocenters. The number of carboxylic acids is 2. The van der Waals surface area contributed by atoms with Gasteiger partial charge in [-0.05, 0) is 31.3 Å². The zero-order valence-electron chi connectivity index (χ0n) is 9.78. The van der Waals surface area contributed by atoms with Gasteiger partial charge < -0.3 is 10.2 Å². The molecule has 2 N–H and O–H groups in total. The highest BCUT2D eigenvalue weighted by atomic mass is 31.1. The Balaban J connectivity index is 2.42. The summed E-state index contributed by atoms with van der Waals surface area (Å²) < 4.78 is 0. The first-order valence-electron chi connectivity index (χ1n) is 5.46. The van der Waals surface area contributed by atoms with Gasteiger partial charge in [-0.3, -0.25) is 0 Å². The van der Waals surface area contributed by atoms with Crippen LogP contribution in [0.1, 0.15) is 20.7 Å². The highest BCUT2D eigenvalue weighted by Gasteiger charge is 2.14. The summed E-state index contributed by atoms with van der Waals surface area (Å²) in [6.45, 7) is 0. The number of hydrogen-bond acceptors (Lipinski definition) is 2. The fourth-order valence-electron chi connectivity index (χ4n) is 1.63. The van der Waals surface area contributed by atoms with Crippen molar-refractivity contribution >= 4 is 31.1 Å². The Labute approximate surface area is 111 Å². The van der Waals surface area contributed by atoms with Crippen molar-refractivity contribution in [2.45, 2.75) is 0 Å². The molecular formula is C14H10O4P. The smallest absolute Gasteiger partial charge is 0.336 e. The van der Waals surface area contributed by atoms with Crippen LogP contribution in [0, 0.1) is 0 Å². The second-order valence-electron chi connectivity index (χ2n) is 3.76. The highest BCUT2D eigenvalue weighted by molar-refractivity contribution is 7.56. The molecule has 0 heterocycles. The number of aromatic carboxylic acids is 2. The SMILES string of the molecule is O=C(O)c1ccccc1[P]c1ccccc1C(=O)O. The van der Waals surface area contributed by atoms with E-state index in [2.05, 4.69) is 0 Å². The molecule has 4 nitrogen and oxygen atoms in total. The largest absolute Gasteiger partial charge is 0.478 e. The minimum Gasteiger partial charge on any atom is -0.478 e. The zero-order chi connectivity index (χ0) is 13.8. The monoisotopic (exact) mass is 273 g/mol. The van der Waals surface area contributed by atoms with Gasteiger partial charge in [-0.25, -0.2) is 9.59 Å². The van der Waals surface area contributed by atoms with Crippen LogP contribution in [0.4, 0.5) is 0 Å². The van der Waals surface area contributed by atoms with E-state index in [0.717, 1.165) is 0 Å². The third-order valence-corrected chi connectivity index (χ3v) is 3.77. The zero-order valence-corrected chi connectivity index (χ0v) is 10.7. The maximum absolute atomic E-state index is 11.1. The number of benzene rings is 2. The number of carbonyl (C=O) groups is 2. The Morgan fingerprint density at radius 2 is 1.11 bits per heavy atom. The molecule has 0 aliphatic rings. The van der Waals surface area contributed by atoms with Crippen molar-refractivity contribution in [1.82, 2.24) is 0 Å². The lowest BCUT2D eigenvalue weighted by atomic mass is 10.2. The van der Waals surface area contributed by atoms with Crippen LogP contribution in [0.3, 0.4) is 0 Å². The molecule has 0 atom stereocenters. The molecular weight excluding hydrogens is 263 g/mol. The lowest BCUT2D eigenvalue weighted by Gasteiger charge is -2.07. The third kappa shape index (κ3) is 2.98. The molecule has 2 rings (SSSR count). The van der Waals surface area contributed by atoms with Gasteiger partial charge in [0.05, 0.1) is 11.1 Å². The normalized spacial score (nSPS) is 10.1. The number of rotatable bonds is 4. The molecule has 95 valence electrons. The molecule has 0 aromatic heterocycles. The van der Waals surface area contributed by atoms with E-state index in [1.165, 1.54) is 12.1 Å². The molecule has 19 heavy (non-hydrogen) atoms. The lowest BCUT2D eigenvalue weighted by molar-refractivity contribution is 0.0688. The first-order valence-corrected chi connectivity index (χ1v) is 6.35. The van der Waals surface area contributed by atoms with Gasteiger partial charge in [0, 0.05) is 0 Å². The first kappa shape index (κ1) is 13.2. The van der Waals surface area contributed by atoms with E-state index >= 15 is 0 Å². The van der Waals surface area contributed by atoms with Crippen LogP contribution < -0.4 is 10.6 Å². The molecule has 5 heteroatoms. The van der Waals surface area contributed by atoms with Gasteiger partial charge in [0.25, 0.3) is 0 Å². The molecule has 1 radical (unpaired) electrons. The minimum atomic E-state index is -1.02. The fraction of sp³-hybridized carbons (Fsp3) is 0. The summed E-state index contributed by atoms with van der Waals surface area (Å²) in [7, 11) is 0.567. The van der Waals surface area contributed by atoms with Crippen LogP contribution in [0.2, 0.25) is 0 Å². The summed E-state index contributed by atoms with van der Waals surface area (Å²) in [5.74, 6) is -2.04. The van der Waals surface area contributed by atoms with Crippen molar-refractivity contribution in [2.75, 3.05) is 0 Å². The van der Waals surface area contributed by atoms with Crippen molar-refractivity contribution in [1.29, 1.82) is 0 Å². The van der Waals surface area contributed by atoms with E-state index in [4.69, 9.17) is 10.2 Å². The van der Waals surface area contributed by atoms with Crippen LogP contribution in [-0.4, -0.2) is 22.2 Å². The number of carboxylic acid groups (broad SMARTS) is 2. The van der Waals surface area contributed by atoms with Crippen molar-refractivity contribution < 1.29 is 19.8 Å². The van der Waals surface area contributed by atoms with E-state index in [0.29, 0.717) is 19.2 Å². The minimum absolute atomic E-state index is 0.185. The Bertz CT molecular complexity index is 581. The third-order valence-electron chi connectivity index (χ3n) is 2.51. The number of hydrogen-bond donors (Lipinski definition) is 2.